The number of phenols is 3. The summed E-state index contributed by atoms with van der Waals surface area (Å²) in [6.07, 6.45) is 0. The first-order valence-corrected chi connectivity index (χ1v) is 3.94. The van der Waals surface area contributed by atoms with Crippen LogP contribution in [0.1, 0.15) is 1.43 Å². The van der Waals surface area contributed by atoms with E-state index in [9.17, 15) is 45.7 Å². The van der Waals surface area contributed by atoms with E-state index in [1.165, 1.54) is 0 Å². The standard InChI is InChI=1S/C6H3N3O9.Na.H/c10-4-1(7(13)14)5(11)3(9(17)18)6(12)2(4)8(15)16;;/h10-12H;;/q;+1;-1. The van der Waals surface area contributed by atoms with E-state index in [0.29, 0.717) is 0 Å². The number of rotatable bonds is 3. The molecule has 13 heteroatoms. The molecular weight excluding hydrogens is 281 g/mol. The van der Waals surface area contributed by atoms with Gasteiger partial charge in [0, 0.05) is 0 Å². The average molecular weight is 285 g/mol. The van der Waals surface area contributed by atoms with Gasteiger partial charge in [-0.15, -0.1) is 0 Å². The monoisotopic (exact) mass is 285 g/mol. The summed E-state index contributed by atoms with van der Waals surface area (Å²) in [5.41, 5.74) is -4.90. The maximum atomic E-state index is 10.5. The van der Waals surface area contributed by atoms with Crippen LogP contribution < -0.4 is 29.6 Å². The zero-order chi connectivity index (χ0) is 14.2. The SMILES string of the molecule is O=[N+]([O-])c1c(O)c([N+](=O)[O-])c(O)c([N+](=O)[O-])c1O.[H-].[Na+]. The van der Waals surface area contributed by atoms with Gasteiger partial charge in [-0.05, 0) is 0 Å². The minimum atomic E-state index is -1.68. The van der Waals surface area contributed by atoms with Crippen molar-refractivity contribution in [2.75, 3.05) is 0 Å². The van der Waals surface area contributed by atoms with E-state index in [1.54, 1.807) is 0 Å². The molecule has 0 aromatic heterocycles. The molecule has 19 heavy (non-hydrogen) atoms. The summed E-state index contributed by atoms with van der Waals surface area (Å²) >= 11 is 0. The fourth-order valence-electron chi connectivity index (χ4n) is 1.19. The van der Waals surface area contributed by atoms with Crippen molar-refractivity contribution in [3.05, 3.63) is 30.3 Å². The van der Waals surface area contributed by atoms with Crippen LogP contribution in [0.15, 0.2) is 0 Å². The van der Waals surface area contributed by atoms with Gasteiger partial charge < -0.3 is 16.7 Å². The zero-order valence-electron chi connectivity index (χ0n) is 10.1. The van der Waals surface area contributed by atoms with Gasteiger partial charge >= 0.3 is 46.6 Å². The molecule has 0 heterocycles. The third-order valence-corrected chi connectivity index (χ3v) is 1.89. The number of benzene rings is 1. The largest absolute Gasteiger partial charge is 1.00 e. The molecule has 0 aliphatic rings. The number of hydrogen-bond acceptors (Lipinski definition) is 9. The van der Waals surface area contributed by atoms with Gasteiger partial charge in [-0.2, -0.15) is 0 Å². The molecule has 0 atom stereocenters. The van der Waals surface area contributed by atoms with Crippen LogP contribution in [0, 0.1) is 30.3 Å². The average Bonchev–Trinajstić information content (AvgIpc) is 2.14. The third-order valence-electron chi connectivity index (χ3n) is 1.89. The fourth-order valence-corrected chi connectivity index (χ4v) is 1.19. The second-order valence-electron chi connectivity index (χ2n) is 2.86. The van der Waals surface area contributed by atoms with Crippen molar-refractivity contribution in [1.29, 1.82) is 0 Å². The molecule has 0 saturated carbocycles. The smallest absolute Gasteiger partial charge is 1.00 e. The normalized spacial score (nSPS) is 9.47. The van der Waals surface area contributed by atoms with Gasteiger partial charge in [0.2, 0.25) is 0 Å². The van der Waals surface area contributed by atoms with Gasteiger partial charge in [-0.25, -0.2) is 0 Å². The second kappa shape index (κ2) is 5.64. The summed E-state index contributed by atoms with van der Waals surface area (Å²) in [7, 11) is 0. The molecule has 0 spiro atoms. The maximum absolute atomic E-state index is 10.5. The van der Waals surface area contributed by atoms with Gasteiger partial charge in [-0.3, -0.25) is 30.3 Å². The van der Waals surface area contributed by atoms with E-state index in [2.05, 4.69) is 0 Å². The van der Waals surface area contributed by atoms with Crippen LogP contribution in [-0.2, 0) is 0 Å². The summed E-state index contributed by atoms with van der Waals surface area (Å²) in [5.74, 6) is -5.03. The predicted octanol–water partition coefficient (Wildman–Crippen LogP) is -2.36. The molecule has 1 aromatic rings. The Labute approximate surface area is 126 Å². The first-order valence-electron chi connectivity index (χ1n) is 3.94. The maximum Gasteiger partial charge on any atom is 1.00 e. The van der Waals surface area contributed by atoms with E-state index in [4.69, 9.17) is 0 Å². The zero-order valence-corrected chi connectivity index (χ0v) is 11.1. The second-order valence-corrected chi connectivity index (χ2v) is 2.86. The summed E-state index contributed by atoms with van der Waals surface area (Å²) in [4.78, 5) is 27.0. The molecule has 3 N–H and O–H groups in total. The van der Waals surface area contributed by atoms with Crippen LogP contribution in [0.3, 0.4) is 0 Å². The topological polar surface area (TPSA) is 190 Å². The van der Waals surface area contributed by atoms with Crippen molar-refractivity contribution in [3.63, 3.8) is 0 Å². The Morgan fingerprint density at radius 1 is 0.684 bits per heavy atom. The third kappa shape index (κ3) is 2.64. The molecule has 1 aromatic carbocycles. The number of phenolic OH excluding ortho intramolecular Hbond substituents is 3. The molecule has 1 rings (SSSR count). The van der Waals surface area contributed by atoms with Gasteiger partial charge in [0.25, 0.3) is 17.2 Å². The molecule has 0 fully saturated rings. The van der Waals surface area contributed by atoms with Crippen LogP contribution >= 0.6 is 0 Å². The van der Waals surface area contributed by atoms with E-state index in [0.717, 1.165) is 0 Å². The van der Waals surface area contributed by atoms with Crippen LogP contribution in [0.2, 0.25) is 0 Å². The Balaban J connectivity index is 0. The summed E-state index contributed by atoms with van der Waals surface area (Å²) in [5, 5.41) is 58.9. The number of nitro groups is 3. The van der Waals surface area contributed by atoms with Crippen molar-refractivity contribution in [2.45, 2.75) is 0 Å². The van der Waals surface area contributed by atoms with Crippen molar-refractivity contribution in [2.24, 2.45) is 0 Å². The number of nitro benzene ring substituents is 3. The molecule has 12 nitrogen and oxygen atoms in total. The van der Waals surface area contributed by atoms with Crippen LogP contribution in [0.25, 0.3) is 0 Å². The van der Waals surface area contributed by atoms with Crippen molar-refractivity contribution in [3.8, 4) is 17.2 Å². The van der Waals surface area contributed by atoms with Crippen molar-refractivity contribution in [1.82, 2.24) is 0 Å². The Kier molecular flexibility index (Phi) is 4.99. The number of nitrogens with zero attached hydrogens (tertiary/aromatic N) is 3. The minimum Gasteiger partial charge on any atom is -1.00 e. The number of aromatic hydroxyl groups is 3. The molecule has 0 aliphatic carbocycles. The Bertz CT molecular complexity index is 490. The van der Waals surface area contributed by atoms with E-state index in [1.807, 2.05) is 0 Å². The number of hydrogen-bond donors (Lipinski definition) is 3. The summed E-state index contributed by atoms with van der Waals surface area (Å²) < 4.78 is 0. The molecule has 0 amide bonds. The van der Waals surface area contributed by atoms with Crippen LogP contribution in [0.4, 0.5) is 17.1 Å². The van der Waals surface area contributed by atoms with E-state index >= 15 is 0 Å². The molecule has 0 unspecified atom stereocenters. The molecule has 98 valence electrons. The Morgan fingerprint density at radius 3 is 0.947 bits per heavy atom. The minimum absolute atomic E-state index is 0. The Morgan fingerprint density at radius 2 is 0.842 bits per heavy atom. The fraction of sp³-hybridized carbons (Fsp3) is 0. The van der Waals surface area contributed by atoms with Gasteiger partial charge in [0.05, 0.1) is 14.8 Å². The molecule has 0 bridgehead atoms. The van der Waals surface area contributed by atoms with Crippen LogP contribution in [-0.4, -0.2) is 30.1 Å². The predicted molar refractivity (Wildman–Crippen MR) is 52.5 cm³/mol. The molecule has 0 radical (unpaired) electrons. The summed E-state index contributed by atoms with van der Waals surface area (Å²) in [6, 6.07) is 0. The molecule has 0 aliphatic heterocycles. The Hall–Kier alpha value is -2.18. The van der Waals surface area contributed by atoms with Crippen LogP contribution in [0.5, 0.6) is 17.2 Å². The summed E-state index contributed by atoms with van der Waals surface area (Å²) in [6.45, 7) is 0. The van der Waals surface area contributed by atoms with Gasteiger partial charge in [0.15, 0.2) is 0 Å². The van der Waals surface area contributed by atoms with Crippen molar-refractivity contribution >= 4 is 17.1 Å². The quantitative estimate of drug-likeness (QED) is 0.309. The van der Waals surface area contributed by atoms with Gasteiger partial charge in [0.1, 0.15) is 0 Å². The first kappa shape index (κ1) is 16.8. The van der Waals surface area contributed by atoms with E-state index in [-0.39, 0.29) is 31.0 Å². The van der Waals surface area contributed by atoms with Crippen molar-refractivity contribution < 1.29 is 61.1 Å². The molecular formula is C6H4N3NaO9. The first-order chi connectivity index (χ1) is 8.20. The van der Waals surface area contributed by atoms with Gasteiger partial charge in [-0.1, -0.05) is 0 Å². The van der Waals surface area contributed by atoms with E-state index < -0.39 is 49.1 Å². The molecule has 0 saturated heterocycles.